The molecule has 0 spiro atoms. The maximum Gasteiger partial charge on any atom is 0.265 e. The van der Waals surface area contributed by atoms with Gasteiger partial charge in [-0.3, -0.25) is 13.9 Å². The predicted molar refractivity (Wildman–Crippen MR) is 135 cm³/mol. The van der Waals surface area contributed by atoms with Crippen LogP contribution < -0.4 is 14.9 Å². The van der Waals surface area contributed by atoms with Crippen LogP contribution in [-0.4, -0.2) is 27.3 Å². The third-order valence-electron chi connectivity index (χ3n) is 5.02. The number of hydrogen-bond acceptors (Lipinski definition) is 5. The van der Waals surface area contributed by atoms with Crippen molar-refractivity contribution in [2.24, 2.45) is 0 Å². The van der Waals surface area contributed by atoms with Gasteiger partial charge in [-0.1, -0.05) is 30.3 Å². The fraction of sp³-hybridized carbons (Fsp3) is 0.0400. The van der Waals surface area contributed by atoms with Crippen LogP contribution in [0.5, 0.6) is 0 Å². The molecule has 0 aliphatic rings. The second-order valence-corrected chi connectivity index (χ2v) is 10.2. The highest BCUT2D eigenvalue weighted by molar-refractivity contribution is 7.92. The van der Waals surface area contributed by atoms with Crippen molar-refractivity contribution < 1.29 is 18.0 Å². The van der Waals surface area contributed by atoms with E-state index in [1.807, 2.05) is 11.4 Å². The third-order valence-corrected chi connectivity index (χ3v) is 7.67. The molecule has 3 aromatic carbocycles. The number of nitrogens with zero attached hydrogens (tertiary/aromatic N) is 1. The molecule has 4 rings (SSSR count). The molecule has 0 unspecified atom stereocenters. The van der Waals surface area contributed by atoms with Crippen molar-refractivity contribution in [2.45, 2.75) is 4.90 Å². The van der Waals surface area contributed by atoms with Crippen LogP contribution in [0.3, 0.4) is 0 Å². The van der Waals surface area contributed by atoms with E-state index in [0.29, 0.717) is 27.5 Å². The summed E-state index contributed by atoms with van der Waals surface area (Å²) < 4.78 is 27.3. The summed E-state index contributed by atoms with van der Waals surface area (Å²) in [6.45, 7) is 0. The zero-order valence-electron chi connectivity index (χ0n) is 18.1. The van der Waals surface area contributed by atoms with E-state index in [-0.39, 0.29) is 10.8 Å². The first-order chi connectivity index (χ1) is 16.3. The third kappa shape index (κ3) is 5.16. The molecular formula is C25H21N3O4S2. The largest absolute Gasteiger partial charge is 0.322 e. The Morgan fingerprint density at radius 3 is 2.15 bits per heavy atom. The van der Waals surface area contributed by atoms with E-state index in [0.717, 1.165) is 0 Å². The number of sulfonamides is 1. The Labute approximate surface area is 201 Å². The van der Waals surface area contributed by atoms with Gasteiger partial charge in [0.2, 0.25) is 0 Å². The number of carbonyl (C=O) groups is 2. The van der Waals surface area contributed by atoms with Gasteiger partial charge in [0.05, 0.1) is 15.5 Å². The van der Waals surface area contributed by atoms with E-state index in [1.54, 1.807) is 72.8 Å². The van der Waals surface area contributed by atoms with Gasteiger partial charge in [0.15, 0.2) is 0 Å². The van der Waals surface area contributed by atoms with Crippen LogP contribution in [0.2, 0.25) is 0 Å². The van der Waals surface area contributed by atoms with Gasteiger partial charge in [-0.05, 0) is 66.0 Å². The van der Waals surface area contributed by atoms with Gasteiger partial charge >= 0.3 is 0 Å². The highest BCUT2D eigenvalue weighted by Gasteiger charge is 2.21. The van der Waals surface area contributed by atoms with Crippen molar-refractivity contribution in [3.8, 4) is 0 Å². The normalized spacial score (nSPS) is 11.0. The van der Waals surface area contributed by atoms with Gasteiger partial charge in [-0.2, -0.15) is 0 Å². The second kappa shape index (κ2) is 9.90. The average molecular weight is 492 g/mol. The number of nitrogens with one attached hydrogen (secondary N) is 2. The van der Waals surface area contributed by atoms with E-state index in [2.05, 4.69) is 10.6 Å². The molecule has 34 heavy (non-hydrogen) atoms. The lowest BCUT2D eigenvalue weighted by atomic mass is 10.2. The summed E-state index contributed by atoms with van der Waals surface area (Å²) in [7, 11) is -2.33. The predicted octanol–water partition coefficient (Wildman–Crippen LogP) is 5.08. The van der Waals surface area contributed by atoms with Crippen LogP contribution in [0.1, 0.15) is 20.0 Å². The van der Waals surface area contributed by atoms with Gasteiger partial charge in [0.25, 0.3) is 21.8 Å². The zero-order valence-corrected chi connectivity index (χ0v) is 19.8. The number of anilines is 3. The summed E-state index contributed by atoms with van der Waals surface area (Å²) in [5.74, 6) is -0.618. The SMILES string of the molecule is CN(c1ccccc1)S(=O)(=O)c1cccc(NC(=O)c2ccc(NC(=O)c3cccs3)cc2)c1. The van der Waals surface area contributed by atoms with Crippen LogP contribution in [0.4, 0.5) is 17.1 Å². The molecule has 7 nitrogen and oxygen atoms in total. The summed E-state index contributed by atoms with van der Waals surface area (Å²) in [6, 6.07) is 24.8. The lowest BCUT2D eigenvalue weighted by Gasteiger charge is -2.20. The van der Waals surface area contributed by atoms with Gasteiger partial charge in [-0.25, -0.2) is 8.42 Å². The molecule has 0 saturated carbocycles. The van der Waals surface area contributed by atoms with E-state index in [1.165, 1.54) is 34.8 Å². The molecular weight excluding hydrogens is 470 g/mol. The Morgan fingerprint density at radius 2 is 1.47 bits per heavy atom. The van der Waals surface area contributed by atoms with Crippen molar-refractivity contribution in [3.63, 3.8) is 0 Å². The number of para-hydroxylation sites is 1. The van der Waals surface area contributed by atoms with Crippen molar-refractivity contribution >= 4 is 50.2 Å². The first-order valence-corrected chi connectivity index (χ1v) is 12.6. The van der Waals surface area contributed by atoms with Crippen LogP contribution in [0, 0.1) is 0 Å². The van der Waals surface area contributed by atoms with Gasteiger partial charge < -0.3 is 10.6 Å². The summed E-state index contributed by atoms with van der Waals surface area (Å²) in [5.41, 5.74) is 1.81. The molecule has 1 aromatic heterocycles. The fourth-order valence-electron chi connectivity index (χ4n) is 3.18. The van der Waals surface area contributed by atoms with Crippen LogP contribution in [0.25, 0.3) is 0 Å². The first-order valence-electron chi connectivity index (χ1n) is 10.2. The van der Waals surface area contributed by atoms with Crippen LogP contribution in [-0.2, 0) is 10.0 Å². The number of benzene rings is 3. The topological polar surface area (TPSA) is 95.6 Å². The molecule has 0 fully saturated rings. The standard InChI is InChI=1S/C25H21N3O4S2/c1-28(21-8-3-2-4-9-21)34(31,32)22-10-5-7-20(17-22)27-24(29)18-12-14-19(15-13-18)26-25(30)23-11-6-16-33-23/h2-17H,1H3,(H,26,30)(H,27,29). The molecule has 0 bridgehead atoms. The lowest BCUT2D eigenvalue weighted by Crippen LogP contribution is -2.26. The Hall–Kier alpha value is -3.95. The first kappa shape index (κ1) is 23.2. The summed E-state index contributed by atoms with van der Waals surface area (Å²) in [5, 5.41) is 7.32. The maximum atomic E-state index is 13.0. The van der Waals surface area contributed by atoms with Crippen LogP contribution >= 0.6 is 11.3 Å². The van der Waals surface area contributed by atoms with Crippen molar-refractivity contribution in [1.29, 1.82) is 0 Å². The maximum absolute atomic E-state index is 13.0. The molecule has 2 N–H and O–H groups in total. The monoisotopic (exact) mass is 491 g/mol. The molecule has 0 aliphatic heterocycles. The van der Waals surface area contributed by atoms with Crippen LogP contribution in [0.15, 0.2) is 101 Å². The Morgan fingerprint density at radius 1 is 0.765 bits per heavy atom. The quantitative estimate of drug-likeness (QED) is 0.377. The van der Waals surface area contributed by atoms with E-state index in [9.17, 15) is 18.0 Å². The zero-order chi connectivity index (χ0) is 24.1. The minimum atomic E-state index is -3.81. The molecule has 172 valence electrons. The number of carbonyl (C=O) groups excluding carboxylic acids is 2. The summed E-state index contributed by atoms with van der Waals surface area (Å²) in [4.78, 5) is 25.5. The molecule has 2 amide bonds. The smallest absolute Gasteiger partial charge is 0.265 e. The highest BCUT2D eigenvalue weighted by atomic mass is 32.2. The number of rotatable bonds is 7. The van der Waals surface area contributed by atoms with E-state index < -0.39 is 15.9 Å². The van der Waals surface area contributed by atoms with Gasteiger partial charge in [0, 0.05) is 24.0 Å². The average Bonchev–Trinajstić information content (AvgIpc) is 3.40. The minimum absolute atomic E-state index is 0.0586. The molecule has 1 heterocycles. The molecule has 0 saturated heterocycles. The van der Waals surface area contributed by atoms with E-state index >= 15 is 0 Å². The number of hydrogen-bond donors (Lipinski definition) is 2. The van der Waals surface area contributed by atoms with Crippen molar-refractivity contribution in [1.82, 2.24) is 0 Å². The number of amides is 2. The Balaban J connectivity index is 1.45. The number of thiophene rings is 1. The van der Waals surface area contributed by atoms with Gasteiger partial charge in [0.1, 0.15) is 0 Å². The molecule has 0 atom stereocenters. The summed E-state index contributed by atoms with van der Waals surface area (Å²) in [6.07, 6.45) is 0. The Bertz CT molecular complexity index is 1400. The van der Waals surface area contributed by atoms with Gasteiger partial charge in [-0.15, -0.1) is 11.3 Å². The fourth-order valence-corrected chi connectivity index (χ4v) is 5.04. The van der Waals surface area contributed by atoms with Crippen molar-refractivity contribution in [3.05, 3.63) is 107 Å². The van der Waals surface area contributed by atoms with Crippen molar-refractivity contribution in [2.75, 3.05) is 22.0 Å². The molecule has 4 aromatic rings. The molecule has 0 aliphatic carbocycles. The van der Waals surface area contributed by atoms with E-state index in [4.69, 9.17) is 0 Å². The summed E-state index contributed by atoms with van der Waals surface area (Å²) >= 11 is 1.34. The molecule has 9 heteroatoms. The Kier molecular flexibility index (Phi) is 6.76. The second-order valence-electron chi connectivity index (χ2n) is 7.30. The molecule has 0 radical (unpaired) electrons. The lowest BCUT2D eigenvalue weighted by molar-refractivity contribution is 0.102. The highest BCUT2D eigenvalue weighted by Crippen LogP contribution is 2.24. The minimum Gasteiger partial charge on any atom is -0.322 e.